The highest BCUT2D eigenvalue weighted by Gasteiger charge is 2.22. The molecule has 0 spiro atoms. The second-order valence-corrected chi connectivity index (χ2v) is 4.71. The molecule has 0 aromatic heterocycles. The molecule has 17 heavy (non-hydrogen) atoms. The van der Waals surface area contributed by atoms with Gasteiger partial charge in [0.25, 0.3) is 0 Å². The summed E-state index contributed by atoms with van der Waals surface area (Å²) in [4.78, 5) is 1.54. The van der Waals surface area contributed by atoms with Crippen molar-refractivity contribution in [3.8, 4) is 0 Å². The third-order valence-corrected chi connectivity index (χ3v) is 2.90. The molecule has 0 saturated carbocycles. The summed E-state index contributed by atoms with van der Waals surface area (Å²) in [6, 6.07) is 4.97. The van der Waals surface area contributed by atoms with Crippen molar-refractivity contribution in [2.24, 2.45) is 5.73 Å². The number of nitrogens with two attached hydrogens (primary N) is 1. The summed E-state index contributed by atoms with van der Waals surface area (Å²) in [7, 11) is 0. The molecule has 0 amide bonds. The van der Waals surface area contributed by atoms with Crippen molar-refractivity contribution in [1.82, 2.24) is 5.32 Å². The molecular weight excluding hydrogens is 281 g/mol. The fraction of sp³-hybridized carbons (Fsp3) is 0.100. The number of aliphatic hydroxyl groups excluding tert-OH is 1. The molecule has 1 atom stereocenters. The topological polar surface area (TPSA) is 61.5 Å². The molecule has 1 aliphatic rings. The maximum absolute atomic E-state index is 9.39. The number of benzene rings is 1. The van der Waals surface area contributed by atoms with E-state index in [0.29, 0.717) is 21.6 Å². The Morgan fingerprint density at radius 2 is 1.88 bits per heavy atom. The Morgan fingerprint density at radius 3 is 2.41 bits per heavy atom. The average molecular weight is 290 g/mol. The van der Waals surface area contributed by atoms with Crippen LogP contribution in [0.3, 0.4) is 0 Å². The van der Waals surface area contributed by atoms with Crippen LogP contribution in [0.5, 0.6) is 0 Å². The van der Waals surface area contributed by atoms with E-state index in [0.717, 1.165) is 0 Å². The van der Waals surface area contributed by atoms with E-state index in [1.54, 1.807) is 23.1 Å². The van der Waals surface area contributed by atoms with Crippen LogP contribution < -0.4 is 16.0 Å². The molecule has 0 radical (unpaired) electrons. The number of hydrogen-bond donors (Lipinski definition) is 3. The van der Waals surface area contributed by atoms with Crippen molar-refractivity contribution >= 4 is 46.2 Å². The lowest BCUT2D eigenvalue weighted by Gasteiger charge is -2.31. The molecule has 0 bridgehead atoms. The summed E-state index contributed by atoms with van der Waals surface area (Å²) in [6.07, 6.45) is 0.554. The Bertz CT molecular complexity index is 486. The van der Waals surface area contributed by atoms with Crippen LogP contribution in [0.2, 0.25) is 10.0 Å². The van der Waals surface area contributed by atoms with Gasteiger partial charge in [-0.2, -0.15) is 0 Å². The molecule has 0 saturated heterocycles. The molecule has 2 rings (SSSR count). The Morgan fingerprint density at radius 1 is 1.29 bits per heavy atom. The maximum Gasteiger partial charge on any atom is 0.181 e. The zero-order chi connectivity index (χ0) is 12.6. The van der Waals surface area contributed by atoms with Crippen LogP contribution >= 0.6 is 35.4 Å². The third kappa shape index (κ3) is 2.63. The Labute approximate surface area is 114 Å². The van der Waals surface area contributed by atoms with Crippen molar-refractivity contribution in [2.75, 3.05) is 4.90 Å². The lowest BCUT2D eigenvalue weighted by molar-refractivity contribution is 0.205. The molecule has 1 aliphatic heterocycles. The van der Waals surface area contributed by atoms with Gasteiger partial charge in [0, 0.05) is 16.1 Å². The molecule has 1 aromatic carbocycles. The minimum Gasteiger partial charge on any atom is -0.385 e. The van der Waals surface area contributed by atoms with Crippen molar-refractivity contribution in [3.05, 3.63) is 40.1 Å². The zero-order valence-electron chi connectivity index (χ0n) is 8.52. The molecule has 0 aliphatic carbocycles. The monoisotopic (exact) mass is 289 g/mol. The number of hydrogen-bond acceptors (Lipinski definition) is 3. The van der Waals surface area contributed by atoms with Gasteiger partial charge in [-0.1, -0.05) is 23.2 Å². The number of nitrogens with one attached hydrogen (secondary N) is 1. The number of rotatable bonds is 1. The standard InChI is InChI=1S/C10H9Cl2N3OS/c11-5-1-6(12)3-7(2-5)15-8(13)4-9(16)14-10(15)17/h1-4,9,16H,13H2,(H,14,17). The number of aliphatic hydroxyl groups is 1. The SMILES string of the molecule is NC1=CC(O)NC(=S)N1c1cc(Cl)cc(Cl)c1. The summed E-state index contributed by atoms with van der Waals surface area (Å²) < 4.78 is 0. The lowest BCUT2D eigenvalue weighted by atomic mass is 10.2. The van der Waals surface area contributed by atoms with Crippen LogP contribution in [0.4, 0.5) is 5.69 Å². The van der Waals surface area contributed by atoms with Crippen molar-refractivity contribution in [1.29, 1.82) is 0 Å². The van der Waals surface area contributed by atoms with Gasteiger partial charge in [-0.05, 0) is 30.4 Å². The van der Waals surface area contributed by atoms with Gasteiger partial charge < -0.3 is 16.2 Å². The van der Waals surface area contributed by atoms with Gasteiger partial charge >= 0.3 is 0 Å². The second kappa shape index (κ2) is 4.70. The van der Waals surface area contributed by atoms with E-state index >= 15 is 0 Å². The van der Waals surface area contributed by atoms with Gasteiger partial charge in [0.2, 0.25) is 0 Å². The van der Waals surface area contributed by atoms with Gasteiger partial charge in [-0.3, -0.25) is 4.90 Å². The molecule has 4 nitrogen and oxygen atoms in total. The largest absolute Gasteiger partial charge is 0.385 e. The fourth-order valence-corrected chi connectivity index (χ4v) is 2.37. The van der Waals surface area contributed by atoms with Gasteiger partial charge in [0.05, 0.1) is 5.69 Å². The third-order valence-electron chi connectivity index (χ3n) is 2.17. The van der Waals surface area contributed by atoms with E-state index < -0.39 is 6.23 Å². The average Bonchev–Trinajstić information content (AvgIpc) is 2.13. The Hall–Kier alpha value is -1.01. The Kier molecular flexibility index (Phi) is 3.44. The highest BCUT2D eigenvalue weighted by atomic mass is 35.5. The summed E-state index contributed by atoms with van der Waals surface area (Å²) in [5.41, 5.74) is 6.44. The van der Waals surface area contributed by atoms with Gasteiger partial charge in [-0.25, -0.2) is 0 Å². The van der Waals surface area contributed by atoms with Crippen LogP contribution in [-0.2, 0) is 0 Å². The summed E-state index contributed by atoms with van der Waals surface area (Å²) in [6.45, 7) is 0. The maximum atomic E-state index is 9.39. The predicted molar refractivity (Wildman–Crippen MR) is 73.0 cm³/mol. The van der Waals surface area contributed by atoms with Crippen molar-refractivity contribution in [3.63, 3.8) is 0 Å². The first-order valence-electron chi connectivity index (χ1n) is 4.69. The molecule has 1 unspecified atom stereocenters. The molecule has 90 valence electrons. The molecule has 1 heterocycles. The van der Waals surface area contributed by atoms with Crippen molar-refractivity contribution in [2.45, 2.75) is 6.23 Å². The molecular formula is C10H9Cl2N3OS. The van der Waals surface area contributed by atoms with E-state index in [1.165, 1.54) is 6.08 Å². The normalized spacial score (nSPS) is 19.9. The minimum atomic E-state index is -0.881. The second-order valence-electron chi connectivity index (χ2n) is 3.45. The smallest absolute Gasteiger partial charge is 0.181 e. The summed E-state index contributed by atoms with van der Waals surface area (Å²) in [5, 5.41) is 13.3. The quantitative estimate of drug-likeness (QED) is 0.689. The van der Waals surface area contributed by atoms with Gasteiger partial charge in [-0.15, -0.1) is 0 Å². The molecule has 1 aromatic rings. The first-order valence-corrected chi connectivity index (χ1v) is 5.86. The summed E-state index contributed by atoms with van der Waals surface area (Å²) >= 11 is 16.9. The van der Waals surface area contributed by atoms with Crippen LogP contribution in [0.1, 0.15) is 0 Å². The van der Waals surface area contributed by atoms with Crippen molar-refractivity contribution < 1.29 is 5.11 Å². The van der Waals surface area contributed by atoms with E-state index in [4.69, 9.17) is 41.2 Å². The molecule has 4 N–H and O–H groups in total. The number of nitrogens with zero attached hydrogens (tertiary/aromatic N) is 1. The van der Waals surface area contributed by atoms with Gasteiger partial charge in [0.15, 0.2) is 5.11 Å². The lowest BCUT2D eigenvalue weighted by Crippen LogP contribution is -2.50. The van der Waals surface area contributed by atoms with Crippen LogP contribution in [0.25, 0.3) is 0 Å². The van der Waals surface area contributed by atoms with Crippen LogP contribution in [0.15, 0.2) is 30.1 Å². The minimum absolute atomic E-state index is 0.288. The fourth-order valence-electron chi connectivity index (χ4n) is 1.52. The highest BCUT2D eigenvalue weighted by Crippen LogP contribution is 2.27. The number of anilines is 1. The summed E-state index contributed by atoms with van der Waals surface area (Å²) in [5.74, 6) is 0.319. The molecule has 7 heteroatoms. The van der Waals surface area contributed by atoms with E-state index in [9.17, 15) is 5.11 Å². The number of thiocarbonyl (C=S) groups is 1. The zero-order valence-corrected chi connectivity index (χ0v) is 10.9. The van der Waals surface area contributed by atoms with Gasteiger partial charge in [0.1, 0.15) is 12.0 Å². The van der Waals surface area contributed by atoms with Crippen LogP contribution in [0, 0.1) is 0 Å². The first kappa shape index (κ1) is 12.4. The first-order chi connectivity index (χ1) is 7.97. The van der Waals surface area contributed by atoms with E-state index in [1.807, 2.05) is 0 Å². The predicted octanol–water partition coefficient (Wildman–Crippen LogP) is 1.81. The van der Waals surface area contributed by atoms with E-state index in [-0.39, 0.29) is 5.11 Å². The molecule has 0 fully saturated rings. The number of halogens is 2. The van der Waals surface area contributed by atoms with Crippen LogP contribution in [-0.4, -0.2) is 16.4 Å². The van der Waals surface area contributed by atoms with E-state index in [2.05, 4.69) is 5.32 Å². The Balaban J connectivity index is 2.45. The highest BCUT2D eigenvalue weighted by molar-refractivity contribution is 7.80.